The monoisotopic (exact) mass is 228 g/mol. The molecule has 0 saturated carbocycles. The standard InChI is InChI=1S/C12H17FO3/c1-8(14)5-6-16-12-4-3-10(9(2)15)7-11(12)13/h3-4,7-9,14-15H,5-6H2,1-2H3/t8?,9-/m1/s1. The summed E-state index contributed by atoms with van der Waals surface area (Å²) in [6, 6.07) is 4.35. The van der Waals surface area contributed by atoms with Crippen LogP contribution in [-0.2, 0) is 0 Å². The van der Waals surface area contributed by atoms with Gasteiger partial charge in [-0.15, -0.1) is 0 Å². The predicted molar refractivity (Wildman–Crippen MR) is 58.8 cm³/mol. The van der Waals surface area contributed by atoms with Crippen molar-refractivity contribution in [3.8, 4) is 5.75 Å². The minimum absolute atomic E-state index is 0.144. The topological polar surface area (TPSA) is 49.7 Å². The van der Waals surface area contributed by atoms with E-state index in [4.69, 9.17) is 9.84 Å². The van der Waals surface area contributed by atoms with Crippen LogP contribution in [0.25, 0.3) is 0 Å². The highest BCUT2D eigenvalue weighted by Gasteiger charge is 2.08. The van der Waals surface area contributed by atoms with E-state index in [9.17, 15) is 9.50 Å². The van der Waals surface area contributed by atoms with Crippen LogP contribution in [0.3, 0.4) is 0 Å². The average molecular weight is 228 g/mol. The summed E-state index contributed by atoms with van der Waals surface area (Å²) in [4.78, 5) is 0. The first-order chi connectivity index (χ1) is 7.50. The molecule has 0 aromatic heterocycles. The molecule has 1 unspecified atom stereocenters. The average Bonchev–Trinajstić information content (AvgIpc) is 2.19. The smallest absolute Gasteiger partial charge is 0.165 e. The van der Waals surface area contributed by atoms with Crippen molar-refractivity contribution in [2.24, 2.45) is 0 Å². The zero-order valence-electron chi connectivity index (χ0n) is 9.48. The second-order valence-electron chi connectivity index (χ2n) is 3.85. The van der Waals surface area contributed by atoms with Crippen LogP contribution >= 0.6 is 0 Å². The lowest BCUT2D eigenvalue weighted by Crippen LogP contribution is -2.08. The third kappa shape index (κ3) is 3.79. The Morgan fingerprint density at radius 2 is 2.00 bits per heavy atom. The molecule has 0 bridgehead atoms. The van der Waals surface area contributed by atoms with Gasteiger partial charge in [0.05, 0.1) is 18.8 Å². The van der Waals surface area contributed by atoms with Crippen LogP contribution in [0.2, 0.25) is 0 Å². The van der Waals surface area contributed by atoms with Gasteiger partial charge < -0.3 is 14.9 Å². The van der Waals surface area contributed by atoms with Gasteiger partial charge in [-0.05, 0) is 31.5 Å². The Kier molecular flexibility index (Phi) is 4.71. The van der Waals surface area contributed by atoms with Gasteiger partial charge in [0.1, 0.15) is 0 Å². The van der Waals surface area contributed by atoms with E-state index in [1.54, 1.807) is 19.9 Å². The molecule has 16 heavy (non-hydrogen) atoms. The van der Waals surface area contributed by atoms with E-state index in [1.165, 1.54) is 12.1 Å². The molecule has 0 heterocycles. The van der Waals surface area contributed by atoms with Crippen LogP contribution < -0.4 is 4.74 Å². The number of aliphatic hydroxyl groups excluding tert-OH is 2. The second kappa shape index (κ2) is 5.82. The molecule has 1 aromatic rings. The van der Waals surface area contributed by atoms with Crippen molar-refractivity contribution in [3.63, 3.8) is 0 Å². The summed E-state index contributed by atoms with van der Waals surface area (Å²) in [7, 11) is 0. The molecule has 1 rings (SSSR count). The Morgan fingerprint density at radius 1 is 1.31 bits per heavy atom. The minimum atomic E-state index is -0.694. The number of aliphatic hydroxyl groups is 2. The molecular formula is C12H17FO3. The Balaban J connectivity index is 2.61. The fraction of sp³-hybridized carbons (Fsp3) is 0.500. The van der Waals surface area contributed by atoms with E-state index < -0.39 is 18.0 Å². The lowest BCUT2D eigenvalue weighted by Gasteiger charge is -2.10. The van der Waals surface area contributed by atoms with Crippen LogP contribution in [0, 0.1) is 5.82 Å². The maximum absolute atomic E-state index is 13.4. The molecular weight excluding hydrogens is 211 g/mol. The number of rotatable bonds is 5. The highest BCUT2D eigenvalue weighted by Crippen LogP contribution is 2.22. The normalized spacial score (nSPS) is 14.6. The molecule has 4 heteroatoms. The first-order valence-corrected chi connectivity index (χ1v) is 5.29. The van der Waals surface area contributed by atoms with Gasteiger partial charge in [0, 0.05) is 6.42 Å². The Bertz CT molecular complexity index is 337. The molecule has 1 aromatic carbocycles. The van der Waals surface area contributed by atoms with Crippen LogP contribution in [0.15, 0.2) is 18.2 Å². The number of hydrogen-bond acceptors (Lipinski definition) is 3. The predicted octanol–water partition coefficient (Wildman–Crippen LogP) is 2.03. The molecule has 0 radical (unpaired) electrons. The van der Waals surface area contributed by atoms with Gasteiger partial charge in [0.15, 0.2) is 11.6 Å². The molecule has 0 aliphatic rings. The number of hydrogen-bond donors (Lipinski definition) is 2. The summed E-state index contributed by atoms with van der Waals surface area (Å²) in [5.41, 5.74) is 0.514. The van der Waals surface area contributed by atoms with E-state index in [0.29, 0.717) is 12.0 Å². The molecule has 2 atom stereocenters. The summed E-state index contributed by atoms with van der Waals surface area (Å²) in [6.07, 6.45) is -0.696. The zero-order valence-corrected chi connectivity index (χ0v) is 9.48. The number of halogens is 1. The van der Waals surface area contributed by atoms with Gasteiger partial charge in [0.25, 0.3) is 0 Å². The number of ether oxygens (including phenoxy) is 1. The van der Waals surface area contributed by atoms with Crippen molar-refractivity contribution in [1.82, 2.24) is 0 Å². The van der Waals surface area contributed by atoms with Crippen LogP contribution in [0.1, 0.15) is 31.9 Å². The molecule has 0 saturated heterocycles. The van der Waals surface area contributed by atoms with Crippen molar-refractivity contribution in [1.29, 1.82) is 0 Å². The van der Waals surface area contributed by atoms with Gasteiger partial charge in [-0.25, -0.2) is 4.39 Å². The van der Waals surface area contributed by atoms with E-state index in [0.717, 1.165) is 0 Å². The minimum Gasteiger partial charge on any atom is -0.490 e. The van der Waals surface area contributed by atoms with E-state index in [-0.39, 0.29) is 12.4 Å². The SMILES string of the molecule is CC(O)CCOc1ccc([C@@H](C)O)cc1F. The van der Waals surface area contributed by atoms with Crippen molar-refractivity contribution >= 4 is 0 Å². The van der Waals surface area contributed by atoms with Crippen molar-refractivity contribution in [2.75, 3.05) is 6.61 Å². The Labute approximate surface area is 94.5 Å². The lowest BCUT2D eigenvalue weighted by atomic mass is 10.1. The van der Waals surface area contributed by atoms with Crippen LogP contribution in [-0.4, -0.2) is 22.9 Å². The quantitative estimate of drug-likeness (QED) is 0.810. The molecule has 2 N–H and O–H groups in total. The summed E-state index contributed by atoms with van der Waals surface area (Å²) >= 11 is 0. The molecule has 0 aliphatic heterocycles. The summed E-state index contributed by atoms with van der Waals surface area (Å²) in [6.45, 7) is 3.49. The van der Waals surface area contributed by atoms with Crippen molar-refractivity contribution < 1.29 is 19.3 Å². The van der Waals surface area contributed by atoms with Gasteiger partial charge >= 0.3 is 0 Å². The Morgan fingerprint density at radius 3 is 2.50 bits per heavy atom. The highest BCUT2D eigenvalue weighted by atomic mass is 19.1. The molecule has 0 aliphatic carbocycles. The van der Waals surface area contributed by atoms with Gasteiger partial charge in [0.2, 0.25) is 0 Å². The van der Waals surface area contributed by atoms with E-state index in [1.807, 2.05) is 0 Å². The summed E-state index contributed by atoms with van der Waals surface area (Å²) < 4.78 is 18.6. The second-order valence-corrected chi connectivity index (χ2v) is 3.85. The molecule has 0 fully saturated rings. The van der Waals surface area contributed by atoms with E-state index >= 15 is 0 Å². The summed E-state index contributed by atoms with van der Waals surface area (Å²) in [5, 5.41) is 18.3. The van der Waals surface area contributed by atoms with Gasteiger partial charge in [-0.1, -0.05) is 6.07 Å². The maximum atomic E-state index is 13.4. The summed E-state index contributed by atoms with van der Waals surface area (Å²) in [5.74, 6) is -0.353. The Hall–Kier alpha value is -1.13. The van der Waals surface area contributed by atoms with Crippen LogP contribution in [0.5, 0.6) is 5.75 Å². The van der Waals surface area contributed by atoms with Crippen molar-refractivity contribution in [2.45, 2.75) is 32.5 Å². The third-order valence-corrected chi connectivity index (χ3v) is 2.23. The largest absolute Gasteiger partial charge is 0.490 e. The third-order valence-electron chi connectivity index (χ3n) is 2.23. The first kappa shape index (κ1) is 12.9. The lowest BCUT2D eigenvalue weighted by molar-refractivity contribution is 0.153. The van der Waals surface area contributed by atoms with E-state index in [2.05, 4.69) is 0 Å². The van der Waals surface area contributed by atoms with Gasteiger partial charge in [-0.2, -0.15) is 0 Å². The highest BCUT2D eigenvalue weighted by molar-refractivity contribution is 5.30. The molecule has 3 nitrogen and oxygen atoms in total. The zero-order chi connectivity index (χ0) is 12.1. The maximum Gasteiger partial charge on any atom is 0.165 e. The first-order valence-electron chi connectivity index (χ1n) is 5.29. The van der Waals surface area contributed by atoms with Crippen molar-refractivity contribution in [3.05, 3.63) is 29.6 Å². The molecule has 90 valence electrons. The number of benzene rings is 1. The van der Waals surface area contributed by atoms with Gasteiger partial charge in [-0.3, -0.25) is 0 Å². The fourth-order valence-corrected chi connectivity index (χ4v) is 1.23. The van der Waals surface area contributed by atoms with Crippen LogP contribution in [0.4, 0.5) is 4.39 Å². The molecule has 0 amide bonds. The molecule has 0 spiro atoms. The fourth-order valence-electron chi connectivity index (χ4n) is 1.23.